The van der Waals surface area contributed by atoms with Gasteiger partial charge in [0.25, 0.3) is 0 Å². The highest BCUT2D eigenvalue weighted by Crippen LogP contribution is 2.28. The molecule has 0 aliphatic heterocycles. The zero-order valence-corrected chi connectivity index (χ0v) is 9.09. The minimum Gasteiger partial charge on any atom is -0.395 e. The lowest BCUT2D eigenvalue weighted by Gasteiger charge is -2.27. The number of hydrogen-bond acceptors (Lipinski definition) is 2. The average molecular weight is 214 g/mol. The van der Waals surface area contributed by atoms with E-state index >= 15 is 0 Å². The Bertz CT molecular complexity index is 303. The van der Waals surface area contributed by atoms with Crippen molar-refractivity contribution in [3.63, 3.8) is 0 Å². The van der Waals surface area contributed by atoms with Crippen molar-refractivity contribution in [2.75, 3.05) is 13.2 Å². The Morgan fingerprint density at radius 2 is 2.21 bits per heavy atom. The van der Waals surface area contributed by atoms with Crippen LogP contribution in [0.1, 0.15) is 18.9 Å². The summed E-state index contributed by atoms with van der Waals surface area (Å²) < 4.78 is 0. The molecule has 0 radical (unpaired) electrons. The summed E-state index contributed by atoms with van der Waals surface area (Å²) in [5, 5.41) is 10.1. The fourth-order valence-corrected chi connectivity index (χ4v) is 1.69. The SMILES string of the molecule is CC(CO)(CCN)c1cccc(Cl)c1. The van der Waals surface area contributed by atoms with Crippen molar-refractivity contribution in [2.24, 2.45) is 5.73 Å². The van der Waals surface area contributed by atoms with Gasteiger partial charge >= 0.3 is 0 Å². The van der Waals surface area contributed by atoms with E-state index in [1.54, 1.807) is 0 Å². The summed E-state index contributed by atoms with van der Waals surface area (Å²) in [5.74, 6) is 0. The van der Waals surface area contributed by atoms with Crippen LogP contribution in [0.15, 0.2) is 24.3 Å². The second kappa shape index (κ2) is 4.78. The van der Waals surface area contributed by atoms with Crippen molar-refractivity contribution in [1.29, 1.82) is 0 Å². The summed E-state index contributed by atoms with van der Waals surface area (Å²) in [5.41, 5.74) is 6.28. The molecule has 3 N–H and O–H groups in total. The molecule has 14 heavy (non-hydrogen) atoms. The Morgan fingerprint density at radius 3 is 2.71 bits per heavy atom. The van der Waals surface area contributed by atoms with Crippen LogP contribution in [0.3, 0.4) is 0 Å². The molecule has 1 aromatic carbocycles. The molecular formula is C11H16ClNO. The van der Waals surface area contributed by atoms with Crippen molar-refractivity contribution < 1.29 is 5.11 Å². The monoisotopic (exact) mass is 213 g/mol. The van der Waals surface area contributed by atoms with Crippen LogP contribution in [0.5, 0.6) is 0 Å². The molecule has 78 valence electrons. The van der Waals surface area contributed by atoms with E-state index in [9.17, 15) is 5.11 Å². The summed E-state index contributed by atoms with van der Waals surface area (Å²) in [6.07, 6.45) is 0.754. The van der Waals surface area contributed by atoms with E-state index in [0.717, 1.165) is 12.0 Å². The van der Waals surface area contributed by atoms with Crippen molar-refractivity contribution in [3.8, 4) is 0 Å². The van der Waals surface area contributed by atoms with Crippen LogP contribution in [0.4, 0.5) is 0 Å². The van der Waals surface area contributed by atoms with Gasteiger partial charge in [0.2, 0.25) is 0 Å². The van der Waals surface area contributed by atoms with Gasteiger partial charge in [-0.3, -0.25) is 0 Å². The number of halogens is 1. The molecular weight excluding hydrogens is 198 g/mol. The number of benzene rings is 1. The Morgan fingerprint density at radius 1 is 1.50 bits per heavy atom. The summed E-state index contributed by atoms with van der Waals surface area (Å²) in [6, 6.07) is 7.57. The van der Waals surface area contributed by atoms with Crippen molar-refractivity contribution >= 4 is 11.6 Å². The molecule has 3 heteroatoms. The molecule has 0 aliphatic rings. The summed E-state index contributed by atoms with van der Waals surface area (Å²) in [6.45, 7) is 2.64. The Balaban J connectivity index is 2.99. The standard InChI is InChI=1S/C11H16ClNO/c1-11(8-14,5-6-13)9-3-2-4-10(12)7-9/h2-4,7,14H,5-6,8,13H2,1H3. The van der Waals surface area contributed by atoms with Gasteiger partial charge in [-0.25, -0.2) is 0 Å². The second-order valence-electron chi connectivity index (χ2n) is 3.77. The van der Waals surface area contributed by atoms with Gasteiger partial charge in [0.15, 0.2) is 0 Å². The Hall–Kier alpha value is -0.570. The highest BCUT2D eigenvalue weighted by molar-refractivity contribution is 6.30. The first-order chi connectivity index (χ1) is 6.62. The number of aliphatic hydroxyl groups excluding tert-OH is 1. The van der Waals surface area contributed by atoms with E-state index in [2.05, 4.69) is 0 Å². The maximum absolute atomic E-state index is 9.36. The molecule has 1 atom stereocenters. The zero-order chi connectivity index (χ0) is 10.6. The Kier molecular flexibility index (Phi) is 3.93. The number of nitrogens with two attached hydrogens (primary N) is 1. The molecule has 1 rings (SSSR count). The van der Waals surface area contributed by atoms with E-state index in [0.29, 0.717) is 11.6 Å². The molecule has 0 heterocycles. The molecule has 0 bridgehead atoms. The zero-order valence-electron chi connectivity index (χ0n) is 8.33. The van der Waals surface area contributed by atoms with Gasteiger partial charge in [0.1, 0.15) is 0 Å². The van der Waals surface area contributed by atoms with Crippen molar-refractivity contribution in [1.82, 2.24) is 0 Å². The molecule has 0 aliphatic carbocycles. The minimum absolute atomic E-state index is 0.0878. The lowest BCUT2D eigenvalue weighted by molar-refractivity contribution is 0.199. The third-order valence-corrected chi connectivity index (χ3v) is 2.80. The highest BCUT2D eigenvalue weighted by Gasteiger charge is 2.24. The van der Waals surface area contributed by atoms with Gasteiger partial charge < -0.3 is 10.8 Å². The van der Waals surface area contributed by atoms with Crippen LogP contribution in [0.25, 0.3) is 0 Å². The van der Waals surface area contributed by atoms with Gasteiger partial charge in [-0.15, -0.1) is 0 Å². The van der Waals surface area contributed by atoms with E-state index in [1.165, 1.54) is 0 Å². The lowest BCUT2D eigenvalue weighted by Crippen LogP contribution is -2.29. The first-order valence-electron chi connectivity index (χ1n) is 4.69. The van der Waals surface area contributed by atoms with Crippen LogP contribution in [0, 0.1) is 0 Å². The maximum atomic E-state index is 9.36. The normalized spacial score (nSPS) is 15.1. The van der Waals surface area contributed by atoms with Crippen molar-refractivity contribution in [2.45, 2.75) is 18.8 Å². The summed E-state index contributed by atoms with van der Waals surface area (Å²) >= 11 is 5.90. The van der Waals surface area contributed by atoms with E-state index < -0.39 is 0 Å². The third-order valence-electron chi connectivity index (χ3n) is 2.57. The minimum atomic E-state index is -0.278. The molecule has 0 amide bonds. The van der Waals surface area contributed by atoms with E-state index in [1.807, 2.05) is 31.2 Å². The van der Waals surface area contributed by atoms with Gasteiger partial charge in [0.05, 0.1) is 6.61 Å². The molecule has 0 aromatic heterocycles. The van der Waals surface area contributed by atoms with Crippen LogP contribution >= 0.6 is 11.6 Å². The van der Waals surface area contributed by atoms with Crippen molar-refractivity contribution in [3.05, 3.63) is 34.9 Å². The summed E-state index contributed by atoms with van der Waals surface area (Å²) in [7, 11) is 0. The Labute approximate surface area is 89.7 Å². The van der Waals surface area contributed by atoms with E-state index in [4.69, 9.17) is 17.3 Å². The maximum Gasteiger partial charge on any atom is 0.0525 e. The lowest BCUT2D eigenvalue weighted by atomic mass is 9.80. The first-order valence-corrected chi connectivity index (χ1v) is 5.07. The molecule has 0 fully saturated rings. The fraction of sp³-hybridized carbons (Fsp3) is 0.455. The molecule has 0 saturated heterocycles. The number of aliphatic hydroxyl groups is 1. The molecule has 0 saturated carbocycles. The predicted molar refractivity (Wildman–Crippen MR) is 59.6 cm³/mol. The largest absolute Gasteiger partial charge is 0.395 e. The second-order valence-corrected chi connectivity index (χ2v) is 4.20. The van der Waals surface area contributed by atoms with Gasteiger partial charge in [-0.05, 0) is 30.7 Å². The quantitative estimate of drug-likeness (QED) is 0.803. The number of rotatable bonds is 4. The van der Waals surface area contributed by atoms with Crippen LogP contribution < -0.4 is 5.73 Å². The fourth-order valence-electron chi connectivity index (χ4n) is 1.50. The van der Waals surface area contributed by atoms with Crippen LogP contribution in [0.2, 0.25) is 5.02 Å². The average Bonchev–Trinajstić information content (AvgIpc) is 2.18. The topological polar surface area (TPSA) is 46.2 Å². The van der Waals surface area contributed by atoms with Gasteiger partial charge in [-0.1, -0.05) is 30.7 Å². The van der Waals surface area contributed by atoms with Gasteiger partial charge in [-0.2, -0.15) is 0 Å². The molecule has 2 nitrogen and oxygen atoms in total. The first kappa shape index (κ1) is 11.5. The van der Waals surface area contributed by atoms with E-state index in [-0.39, 0.29) is 12.0 Å². The smallest absolute Gasteiger partial charge is 0.0525 e. The highest BCUT2D eigenvalue weighted by atomic mass is 35.5. The predicted octanol–water partition coefficient (Wildman–Crippen LogP) is 1.94. The number of hydrogen-bond donors (Lipinski definition) is 2. The van der Waals surface area contributed by atoms with Gasteiger partial charge in [0, 0.05) is 10.4 Å². The van der Waals surface area contributed by atoms with Crippen LogP contribution in [-0.4, -0.2) is 18.3 Å². The molecule has 1 unspecified atom stereocenters. The molecule has 1 aromatic rings. The third kappa shape index (κ3) is 2.47. The summed E-state index contributed by atoms with van der Waals surface area (Å²) in [4.78, 5) is 0. The van der Waals surface area contributed by atoms with Crippen LogP contribution in [-0.2, 0) is 5.41 Å². The molecule has 0 spiro atoms.